The maximum Gasteiger partial charge on any atom is 0.126 e. The van der Waals surface area contributed by atoms with Gasteiger partial charge in [0, 0.05) is 33.4 Å². The number of aliphatic hydroxyl groups is 2. The third kappa shape index (κ3) is 13.1. The van der Waals surface area contributed by atoms with E-state index in [-0.39, 0.29) is 45.7 Å². The van der Waals surface area contributed by atoms with Gasteiger partial charge in [0.25, 0.3) is 0 Å². The van der Waals surface area contributed by atoms with Crippen LogP contribution in [-0.4, -0.2) is 29.5 Å². The van der Waals surface area contributed by atoms with Crippen LogP contribution in [0.25, 0.3) is 11.1 Å². The van der Waals surface area contributed by atoms with Gasteiger partial charge in [0.15, 0.2) is 0 Å². The number of benzene rings is 6. The van der Waals surface area contributed by atoms with Crippen LogP contribution < -0.4 is 41.3 Å². The van der Waals surface area contributed by atoms with Crippen molar-refractivity contribution >= 4 is 47.7 Å². The second kappa shape index (κ2) is 22.6. The molecule has 5 nitrogen and oxygen atoms in total. The van der Waals surface area contributed by atoms with Crippen LogP contribution >= 0.6 is 15.8 Å². The lowest BCUT2D eigenvalue weighted by atomic mass is 9.77. The molecule has 2 unspecified atom stereocenters. The fourth-order valence-corrected chi connectivity index (χ4v) is 16.9. The fraction of sp³-hybridized carbons (Fsp3) is 0.507. The lowest BCUT2D eigenvalue weighted by Crippen LogP contribution is -2.32. The van der Waals surface area contributed by atoms with Crippen molar-refractivity contribution in [2.24, 2.45) is 0 Å². The minimum Gasteiger partial charge on any atom is -0.507 e. The number of hydrogen-bond donors (Lipinski definition) is 3. The van der Waals surface area contributed by atoms with Crippen molar-refractivity contribution in [3.8, 4) is 28.4 Å². The highest BCUT2D eigenvalue weighted by Crippen LogP contribution is 2.51. The molecule has 7 heteroatoms. The van der Waals surface area contributed by atoms with Gasteiger partial charge in [-0.15, -0.1) is 0 Å². The first-order valence-electron chi connectivity index (χ1n) is 29.0. The molecule has 0 aliphatic rings. The van der Waals surface area contributed by atoms with Gasteiger partial charge in [0.05, 0.1) is 27.4 Å². The second-order valence-electron chi connectivity index (χ2n) is 30.8. The topological polar surface area (TPSA) is 79.2 Å². The molecule has 0 aliphatic heterocycles. The van der Waals surface area contributed by atoms with Crippen LogP contribution in [0.4, 0.5) is 0 Å². The zero-order valence-corrected chi connectivity index (χ0v) is 56.3. The van der Waals surface area contributed by atoms with Gasteiger partial charge in [-0.25, -0.2) is 0 Å². The zero-order chi connectivity index (χ0) is 60.6. The molecule has 0 saturated carbocycles. The van der Waals surface area contributed by atoms with Crippen LogP contribution in [0.5, 0.6) is 17.2 Å². The van der Waals surface area contributed by atoms with Crippen LogP contribution in [0.2, 0.25) is 0 Å². The summed E-state index contributed by atoms with van der Waals surface area (Å²) in [6.07, 6.45) is 0. The Morgan fingerprint density at radius 3 is 0.787 bits per heavy atom. The number of aliphatic hydroxyl groups excluding tert-OH is 2. The van der Waals surface area contributed by atoms with Gasteiger partial charge in [-0.1, -0.05) is 203 Å². The normalized spacial score (nSPS) is 14.1. The minimum absolute atomic E-state index is 0.172. The second-order valence-corrected chi connectivity index (χ2v) is 35.2. The van der Waals surface area contributed by atoms with Gasteiger partial charge >= 0.3 is 0 Å². The number of aromatic hydroxyl groups is 1. The van der Waals surface area contributed by atoms with E-state index in [1.807, 2.05) is 7.11 Å². The van der Waals surface area contributed by atoms with Crippen molar-refractivity contribution in [1.29, 1.82) is 0 Å². The first-order valence-corrected chi connectivity index (χ1v) is 31.7. The van der Waals surface area contributed by atoms with Crippen LogP contribution in [0.3, 0.4) is 0 Å². The Bertz CT molecular complexity index is 2890. The number of rotatable bonds is 11. The Labute approximate surface area is 488 Å². The van der Waals surface area contributed by atoms with E-state index in [9.17, 15) is 15.3 Å². The van der Waals surface area contributed by atoms with E-state index < -0.39 is 26.7 Å². The van der Waals surface area contributed by atoms with Gasteiger partial charge in [0.2, 0.25) is 0 Å². The lowest BCUT2D eigenvalue weighted by molar-refractivity contribution is 0.280. The van der Waals surface area contributed by atoms with Crippen molar-refractivity contribution in [3.63, 3.8) is 0 Å². The number of methoxy groups -OCH3 is 2. The van der Waals surface area contributed by atoms with E-state index in [1.54, 1.807) is 7.11 Å². The smallest absolute Gasteiger partial charge is 0.126 e. The molecule has 0 amide bonds. The quantitative estimate of drug-likeness (QED) is 0.113. The average molecular weight is 1120 g/mol. The van der Waals surface area contributed by atoms with Crippen LogP contribution in [0, 0.1) is 6.92 Å². The van der Waals surface area contributed by atoms with Gasteiger partial charge in [0.1, 0.15) is 17.2 Å². The predicted octanol–water partition coefficient (Wildman–Crippen LogP) is 16.3. The summed E-state index contributed by atoms with van der Waals surface area (Å²) in [5, 5.41) is 43.4. The number of phenolic OH excluding ortho intramolecular Hbond substituents is 1. The summed E-state index contributed by atoms with van der Waals surface area (Å²) in [5.74, 6) is 2.15. The summed E-state index contributed by atoms with van der Waals surface area (Å²) in [4.78, 5) is 0. The Balaban J connectivity index is 1.99. The van der Waals surface area contributed by atoms with E-state index in [0.717, 1.165) is 88.4 Å². The van der Waals surface area contributed by atoms with Crippen molar-refractivity contribution in [2.75, 3.05) is 14.2 Å². The van der Waals surface area contributed by atoms with Crippen molar-refractivity contribution < 1.29 is 24.8 Å². The molecular weight excluding hydrogens is 1020 g/mol. The van der Waals surface area contributed by atoms with E-state index in [1.165, 1.54) is 27.3 Å². The molecule has 0 radical (unpaired) electrons. The predicted molar refractivity (Wildman–Crippen MR) is 350 cm³/mol. The highest BCUT2D eigenvalue weighted by molar-refractivity contribution is 7.80. The highest BCUT2D eigenvalue weighted by atomic mass is 31.1. The molecule has 2 atom stereocenters. The van der Waals surface area contributed by atoms with Gasteiger partial charge < -0.3 is 24.8 Å². The van der Waals surface area contributed by atoms with Crippen LogP contribution in [0.1, 0.15) is 227 Å². The van der Waals surface area contributed by atoms with Crippen molar-refractivity contribution in [1.82, 2.24) is 0 Å². The third-order valence-corrected chi connectivity index (χ3v) is 20.7. The first kappa shape index (κ1) is 64.7. The minimum atomic E-state index is -1.52. The monoisotopic (exact) mass is 1120 g/mol. The third-order valence-electron chi connectivity index (χ3n) is 15.9. The Morgan fingerprint density at radius 1 is 0.350 bits per heavy atom. The van der Waals surface area contributed by atoms with Gasteiger partial charge in [-0.2, -0.15) is 0 Å². The summed E-state index contributed by atoms with van der Waals surface area (Å²) in [6.45, 7) is 56.2. The molecule has 0 saturated heterocycles. The number of phenols is 1. The Morgan fingerprint density at radius 2 is 0.575 bits per heavy atom. The highest BCUT2D eigenvalue weighted by Gasteiger charge is 2.38. The lowest BCUT2D eigenvalue weighted by Gasteiger charge is -2.35. The van der Waals surface area contributed by atoms with Crippen molar-refractivity contribution in [3.05, 3.63) is 146 Å². The molecule has 6 aromatic rings. The molecule has 0 spiro atoms. The standard InChI is InChI=1S/C73H102O5P2/c1-44-51(66(2,3)4)34-47(35-52(44)67(5,6)7)79(49-38-55(70(14,15)16)64(77-26)56(39-49)71(17,18)19)59-32-28-30-45(42-74)61(59)62-46(43-75)31-29-33-60(62)80(48-36-53(68(8,9)10)63(76)54(37-48)69(11,12)13)50-40-57(72(20,21)22)65(78-27)58(41-50)73(23,24)25/h28-41,74-76H,42-43H2,1-27H3. The number of hydrogen-bond acceptors (Lipinski definition) is 5. The molecular formula is C73H102O5P2. The van der Waals surface area contributed by atoms with Gasteiger partial charge in [-0.05, 0) is 185 Å². The number of ether oxygens (including phenoxy) is 2. The fourth-order valence-electron chi connectivity index (χ4n) is 11.7. The zero-order valence-electron chi connectivity index (χ0n) is 54.5. The molecule has 80 heavy (non-hydrogen) atoms. The van der Waals surface area contributed by atoms with Crippen molar-refractivity contribution in [2.45, 2.75) is 230 Å². The summed E-state index contributed by atoms with van der Waals surface area (Å²) in [5.41, 5.74) is 11.4. The summed E-state index contributed by atoms with van der Waals surface area (Å²) in [7, 11) is 0.650. The maximum atomic E-state index is 12.4. The Kier molecular flexibility index (Phi) is 18.3. The van der Waals surface area contributed by atoms with Crippen LogP contribution in [0.15, 0.2) is 84.9 Å². The molecule has 0 aromatic heterocycles. The molecule has 434 valence electrons. The largest absolute Gasteiger partial charge is 0.507 e. The molecule has 0 fully saturated rings. The van der Waals surface area contributed by atoms with Crippen LogP contribution in [-0.2, 0) is 56.5 Å². The molecule has 6 rings (SSSR count). The molecule has 0 bridgehead atoms. The molecule has 0 heterocycles. The Hall–Kier alpha value is -4.50. The van der Waals surface area contributed by atoms with E-state index >= 15 is 0 Å². The molecule has 3 N–H and O–H groups in total. The van der Waals surface area contributed by atoms with E-state index in [0.29, 0.717) is 5.75 Å². The van der Waals surface area contributed by atoms with Gasteiger partial charge in [-0.3, -0.25) is 0 Å². The molecule has 6 aromatic carbocycles. The SMILES string of the molecule is COc1c(C(C)(C)C)cc(P(c2cc(C(C)(C)C)c(C)c(C(C)(C)C)c2)c2cccc(CO)c2-c2c(CO)cccc2P(c2cc(C(C)(C)C)c(O)c(C(C)(C)C)c2)c2cc(C(C)(C)C)c(OC)c(C(C)(C)C)c2)cc1C(C)(C)C. The summed E-state index contributed by atoms with van der Waals surface area (Å²) in [6, 6.07) is 32.1. The average Bonchev–Trinajstić information content (AvgIpc) is 3.41. The summed E-state index contributed by atoms with van der Waals surface area (Å²) >= 11 is 0. The molecule has 0 aliphatic carbocycles. The van der Waals surface area contributed by atoms with E-state index in [2.05, 4.69) is 258 Å². The van der Waals surface area contributed by atoms with E-state index in [4.69, 9.17) is 9.47 Å². The summed E-state index contributed by atoms with van der Waals surface area (Å²) < 4.78 is 12.9. The first-order chi connectivity index (χ1) is 36.4. The maximum absolute atomic E-state index is 12.4.